The summed E-state index contributed by atoms with van der Waals surface area (Å²) >= 11 is 1.37. The van der Waals surface area contributed by atoms with Crippen LogP contribution in [0.3, 0.4) is 0 Å². The fourth-order valence-corrected chi connectivity index (χ4v) is 3.56. The van der Waals surface area contributed by atoms with Crippen LogP contribution < -0.4 is 5.32 Å². The molecule has 0 aliphatic rings. The van der Waals surface area contributed by atoms with Gasteiger partial charge < -0.3 is 14.3 Å². The number of rotatable bonds is 7. The molecule has 1 aromatic carbocycles. The van der Waals surface area contributed by atoms with E-state index in [1.807, 2.05) is 48.9 Å². The van der Waals surface area contributed by atoms with E-state index in [9.17, 15) is 4.79 Å². The van der Waals surface area contributed by atoms with Gasteiger partial charge in [0.05, 0.1) is 11.5 Å². The van der Waals surface area contributed by atoms with Gasteiger partial charge in [-0.3, -0.25) is 4.79 Å². The van der Waals surface area contributed by atoms with Gasteiger partial charge >= 0.3 is 0 Å². The van der Waals surface area contributed by atoms with Gasteiger partial charge in [-0.05, 0) is 43.0 Å². The SMILES string of the molecule is CC[C@@H](C)c1ccccc1NC(=O)[C@H](C)Sc1nnc(-c2ccco2)n1C. The van der Waals surface area contributed by atoms with E-state index in [1.54, 1.807) is 6.26 Å². The zero-order chi connectivity index (χ0) is 19.4. The number of hydrogen-bond donors (Lipinski definition) is 1. The van der Waals surface area contributed by atoms with Crippen LogP contribution in [0.1, 0.15) is 38.7 Å². The van der Waals surface area contributed by atoms with Crippen molar-refractivity contribution in [2.45, 2.75) is 43.5 Å². The summed E-state index contributed by atoms with van der Waals surface area (Å²) in [5.41, 5.74) is 2.03. The molecule has 0 bridgehead atoms. The Bertz CT molecular complexity index is 905. The molecular formula is C20H24N4O2S. The molecule has 6 nitrogen and oxygen atoms in total. The van der Waals surface area contributed by atoms with Crippen LogP contribution in [-0.2, 0) is 11.8 Å². The number of thioether (sulfide) groups is 1. The first-order valence-electron chi connectivity index (χ1n) is 9.01. The first kappa shape index (κ1) is 19.2. The molecule has 0 aliphatic carbocycles. The summed E-state index contributed by atoms with van der Waals surface area (Å²) in [6, 6.07) is 11.6. The van der Waals surface area contributed by atoms with Gasteiger partial charge in [-0.25, -0.2) is 0 Å². The molecule has 2 atom stereocenters. The molecule has 1 amide bonds. The number of hydrogen-bond acceptors (Lipinski definition) is 5. The summed E-state index contributed by atoms with van der Waals surface area (Å²) in [7, 11) is 1.86. The molecular weight excluding hydrogens is 360 g/mol. The lowest BCUT2D eigenvalue weighted by molar-refractivity contribution is -0.115. The molecule has 0 unspecified atom stereocenters. The number of nitrogens with one attached hydrogen (secondary N) is 1. The molecule has 27 heavy (non-hydrogen) atoms. The molecule has 0 spiro atoms. The molecule has 142 valence electrons. The minimum Gasteiger partial charge on any atom is -0.461 e. The van der Waals surface area contributed by atoms with Gasteiger partial charge in [0.15, 0.2) is 16.7 Å². The molecule has 7 heteroatoms. The van der Waals surface area contributed by atoms with E-state index in [4.69, 9.17) is 4.42 Å². The summed E-state index contributed by atoms with van der Waals surface area (Å²) in [4.78, 5) is 12.7. The lowest BCUT2D eigenvalue weighted by atomic mass is 9.97. The highest BCUT2D eigenvalue weighted by atomic mass is 32.2. The zero-order valence-corrected chi connectivity index (χ0v) is 16.8. The number of nitrogens with zero attached hydrogens (tertiary/aromatic N) is 3. The summed E-state index contributed by atoms with van der Waals surface area (Å²) in [6.45, 7) is 6.18. The fourth-order valence-electron chi connectivity index (χ4n) is 2.74. The van der Waals surface area contributed by atoms with E-state index in [1.165, 1.54) is 11.8 Å². The number of para-hydroxylation sites is 1. The minimum atomic E-state index is -0.317. The number of furan rings is 1. The number of carbonyl (C=O) groups is 1. The number of aromatic nitrogens is 3. The van der Waals surface area contributed by atoms with Crippen molar-refractivity contribution in [2.24, 2.45) is 7.05 Å². The van der Waals surface area contributed by atoms with Crippen LogP contribution in [0.15, 0.2) is 52.2 Å². The first-order valence-corrected chi connectivity index (χ1v) is 9.89. The third-order valence-electron chi connectivity index (χ3n) is 4.59. The highest BCUT2D eigenvalue weighted by Gasteiger charge is 2.21. The Labute approximate surface area is 163 Å². The fraction of sp³-hybridized carbons (Fsp3) is 0.350. The van der Waals surface area contributed by atoms with Crippen LogP contribution in [0.25, 0.3) is 11.6 Å². The lowest BCUT2D eigenvalue weighted by Crippen LogP contribution is -2.23. The van der Waals surface area contributed by atoms with E-state index in [-0.39, 0.29) is 11.2 Å². The average molecular weight is 385 g/mol. The van der Waals surface area contributed by atoms with Crippen molar-refractivity contribution < 1.29 is 9.21 Å². The average Bonchev–Trinajstić information content (AvgIpc) is 3.32. The van der Waals surface area contributed by atoms with Crippen LogP contribution in [0.2, 0.25) is 0 Å². The molecule has 1 N–H and O–H groups in total. The van der Waals surface area contributed by atoms with Crippen molar-refractivity contribution in [3.05, 3.63) is 48.2 Å². The quantitative estimate of drug-likeness (QED) is 0.597. The monoisotopic (exact) mass is 384 g/mol. The van der Waals surface area contributed by atoms with Gasteiger partial charge in [-0.15, -0.1) is 10.2 Å². The predicted molar refractivity (Wildman–Crippen MR) is 108 cm³/mol. The van der Waals surface area contributed by atoms with Crippen molar-refractivity contribution >= 4 is 23.4 Å². The van der Waals surface area contributed by atoms with E-state index in [2.05, 4.69) is 35.4 Å². The second kappa shape index (κ2) is 8.43. The molecule has 2 heterocycles. The summed E-state index contributed by atoms with van der Waals surface area (Å²) < 4.78 is 7.21. The van der Waals surface area contributed by atoms with E-state index in [0.717, 1.165) is 17.7 Å². The van der Waals surface area contributed by atoms with Gasteiger partial charge in [-0.2, -0.15) is 0 Å². The normalized spacial score (nSPS) is 13.3. The number of benzene rings is 1. The molecule has 2 aromatic heterocycles. The molecule has 0 saturated carbocycles. The Balaban J connectivity index is 1.71. The molecule has 0 saturated heterocycles. The van der Waals surface area contributed by atoms with Crippen LogP contribution in [0.4, 0.5) is 5.69 Å². The maximum atomic E-state index is 12.7. The molecule has 0 fully saturated rings. The third-order valence-corrected chi connectivity index (χ3v) is 5.72. The highest BCUT2D eigenvalue weighted by molar-refractivity contribution is 8.00. The maximum Gasteiger partial charge on any atom is 0.237 e. The molecule has 3 rings (SSSR count). The molecule has 0 aliphatic heterocycles. The first-order chi connectivity index (χ1) is 13.0. The van der Waals surface area contributed by atoms with Gasteiger partial charge in [-0.1, -0.05) is 43.8 Å². The van der Waals surface area contributed by atoms with E-state index >= 15 is 0 Å². The second-order valence-electron chi connectivity index (χ2n) is 6.49. The van der Waals surface area contributed by atoms with E-state index in [0.29, 0.717) is 22.7 Å². The van der Waals surface area contributed by atoms with Crippen LogP contribution >= 0.6 is 11.8 Å². The largest absolute Gasteiger partial charge is 0.461 e. The van der Waals surface area contributed by atoms with Gasteiger partial charge in [0, 0.05) is 12.7 Å². The maximum absolute atomic E-state index is 12.7. The van der Waals surface area contributed by atoms with Gasteiger partial charge in [0.2, 0.25) is 5.91 Å². The number of anilines is 1. The van der Waals surface area contributed by atoms with Crippen molar-refractivity contribution in [3.8, 4) is 11.6 Å². The van der Waals surface area contributed by atoms with Crippen molar-refractivity contribution in [1.29, 1.82) is 0 Å². The van der Waals surface area contributed by atoms with Crippen molar-refractivity contribution in [1.82, 2.24) is 14.8 Å². The Morgan fingerprint density at radius 2 is 2.00 bits per heavy atom. The third kappa shape index (κ3) is 4.24. The standard InChI is InChI=1S/C20H24N4O2S/c1-5-13(2)15-9-6-7-10-16(15)21-19(25)14(3)27-20-23-22-18(24(20)4)17-11-8-12-26-17/h6-14H,5H2,1-4H3,(H,21,25)/t13-,14+/m1/s1. The van der Waals surface area contributed by atoms with Crippen molar-refractivity contribution in [3.63, 3.8) is 0 Å². The van der Waals surface area contributed by atoms with Crippen LogP contribution in [0.5, 0.6) is 0 Å². The van der Waals surface area contributed by atoms with E-state index < -0.39 is 0 Å². The smallest absolute Gasteiger partial charge is 0.237 e. The zero-order valence-electron chi connectivity index (χ0n) is 16.0. The summed E-state index contributed by atoms with van der Waals surface area (Å²) in [5, 5.41) is 11.8. The Hall–Kier alpha value is -2.54. The number of carbonyl (C=O) groups excluding carboxylic acids is 1. The Kier molecular flexibility index (Phi) is 6.01. The van der Waals surface area contributed by atoms with Crippen LogP contribution in [0, 0.1) is 0 Å². The lowest BCUT2D eigenvalue weighted by Gasteiger charge is -2.17. The predicted octanol–water partition coefficient (Wildman–Crippen LogP) is 4.71. The number of amides is 1. The Morgan fingerprint density at radius 3 is 2.70 bits per heavy atom. The summed E-state index contributed by atoms with van der Waals surface area (Å²) in [5.74, 6) is 1.62. The van der Waals surface area contributed by atoms with Gasteiger partial charge in [0.1, 0.15) is 0 Å². The summed E-state index contributed by atoms with van der Waals surface area (Å²) in [6.07, 6.45) is 2.62. The van der Waals surface area contributed by atoms with Gasteiger partial charge in [0.25, 0.3) is 0 Å². The highest BCUT2D eigenvalue weighted by Crippen LogP contribution is 2.29. The van der Waals surface area contributed by atoms with Crippen LogP contribution in [-0.4, -0.2) is 25.9 Å². The molecule has 3 aromatic rings. The van der Waals surface area contributed by atoms with Crippen molar-refractivity contribution in [2.75, 3.05) is 5.32 Å². The Morgan fingerprint density at radius 1 is 1.22 bits per heavy atom. The minimum absolute atomic E-state index is 0.0571. The second-order valence-corrected chi connectivity index (χ2v) is 7.80. The topological polar surface area (TPSA) is 73.0 Å². The molecule has 0 radical (unpaired) electrons.